The first-order valence-electron chi connectivity index (χ1n) is 5.82. The summed E-state index contributed by atoms with van der Waals surface area (Å²) < 4.78 is 4.95. The number of carbonyl (C=O) groups excluding carboxylic acids is 1. The van der Waals surface area contributed by atoms with Crippen molar-refractivity contribution in [2.75, 3.05) is 13.1 Å². The number of nitrogens with zero attached hydrogens (tertiary/aromatic N) is 3. The molecule has 0 aliphatic carbocycles. The first-order valence-corrected chi connectivity index (χ1v) is 5.82. The van der Waals surface area contributed by atoms with Crippen molar-refractivity contribution < 1.29 is 14.5 Å². The van der Waals surface area contributed by atoms with Gasteiger partial charge in [-0.3, -0.25) is 4.79 Å². The van der Waals surface area contributed by atoms with Gasteiger partial charge in [-0.25, -0.2) is 0 Å². The fourth-order valence-electron chi connectivity index (χ4n) is 2.08. The SMILES string of the molecule is Cc1cc(C(=O)N2CCC(C(N)=NO)CC2)on1. The van der Waals surface area contributed by atoms with Crippen molar-refractivity contribution in [3.05, 3.63) is 17.5 Å². The van der Waals surface area contributed by atoms with Crippen LogP contribution in [0.15, 0.2) is 15.7 Å². The molecule has 0 bridgehead atoms. The van der Waals surface area contributed by atoms with Crippen molar-refractivity contribution in [1.29, 1.82) is 0 Å². The first kappa shape index (κ1) is 12.4. The summed E-state index contributed by atoms with van der Waals surface area (Å²) in [7, 11) is 0. The molecule has 2 rings (SSSR count). The van der Waals surface area contributed by atoms with E-state index in [0.717, 1.165) is 0 Å². The Balaban J connectivity index is 1.96. The largest absolute Gasteiger partial charge is 0.409 e. The highest BCUT2D eigenvalue weighted by Crippen LogP contribution is 2.19. The number of rotatable bonds is 2. The normalized spacial score (nSPS) is 18.1. The highest BCUT2D eigenvalue weighted by molar-refractivity contribution is 5.91. The van der Waals surface area contributed by atoms with Crippen LogP contribution in [0.25, 0.3) is 0 Å². The number of aryl methyl sites for hydroxylation is 1. The van der Waals surface area contributed by atoms with Gasteiger partial charge in [0.1, 0.15) is 5.84 Å². The van der Waals surface area contributed by atoms with E-state index in [4.69, 9.17) is 15.5 Å². The van der Waals surface area contributed by atoms with Crippen LogP contribution in [0, 0.1) is 12.8 Å². The second-order valence-corrected chi connectivity index (χ2v) is 4.42. The van der Waals surface area contributed by atoms with E-state index in [9.17, 15) is 4.79 Å². The summed E-state index contributed by atoms with van der Waals surface area (Å²) in [4.78, 5) is 13.7. The van der Waals surface area contributed by atoms with Gasteiger partial charge in [0.2, 0.25) is 5.76 Å². The second-order valence-electron chi connectivity index (χ2n) is 4.42. The fraction of sp³-hybridized carbons (Fsp3) is 0.545. The van der Waals surface area contributed by atoms with Gasteiger partial charge in [0.05, 0.1) is 5.69 Å². The molecule has 7 nitrogen and oxygen atoms in total. The molecule has 2 heterocycles. The Morgan fingerprint density at radius 2 is 2.28 bits per heavy atom. The molecule has 18 heavy (non-hydrogen) atoms. The summed E-state index contributed by atoms with van der Waals surface area (Å²) >= 11 is 0. The Labute approximate surface area is 104 Å². The van der Waals surface area contributed by atoms with Crippen LogP contribution in [-0.2, 0) is 0 Å². The van der Waals surface area contributed by atoms with Crippen molar-refractivity contribution in [2.24, 2.45) is 16.8 Å². The summed E-state index contributed by atoms with van der Waals surface area (Å²) in [6, 6.07) is 1.62. The molecule has 7 heteroatoms. The second kappa shape index (κ2) is 5.07. The molecule has 1 aromatic heterocycles. The van der Waals surface area contributed by atoms with Crippen molar-refractivity contribution in [3.8, 4) is 0 Å². The van der Waals surface area contributed by atoms with Gasteiger partial charge >= 0.3 is 0 Å². The van der Waals surface area contributed by atoms with E-state index in [1.165, 1.54) is 0 Å². The Kier molecular flexibility index (Phi) is 3.50. The molecule has 1 amide bonds. The summed E-state index contributed by atoms with van der Waals surface area (Å²) in [5, 5.41) is 15.3. The number of hydrogen-bond acceptors (Lipinski definition) is 5. The Hall–Kier alpha value is -2.05. The third-order valence-corrected chi connectivity index (χ3v) is 3.15. The molecule has 0 spiro atoms. The molecule has 1 fully saturated rings. The van der Waals surface area contributed by atoms with E-state index in [-0.39, 0.29) is 23.4 Å². The number of hydrogen-bond donors (Lipinski definition) is 2. The molecule has 1 saturated heterocycles. The van der Waals surface area contributed by atoms with Gasteiger partial charge in [0.15, 0.2) is 0 Å². The van der Waals surface area contributed by atoms with Gasteiger partial charge < -0.3 is 20.4 Å². The van der Waals surface area contributed by atoms with E-state index < -0.39 is 0 Å². The van der Waals surface area contributed by atoms with Crippen LogP contribution in [0.5, 0.6) is 0 Å². The number of oxime groups is 1. The summed E-state index contributed by atoms with van der Waals surface area (Å²) in [6.07, 6.45) is 1.38. The molecule has 1 aliphatic heterocycles. The van der Waals surface area contributed by atoms with E-state index in [1.807, 2.05) is 0 Å². The van der Waals surface area contributed by atoms with Crippen LogP contribution >= 0.6 is 0 Å². The Morgan fingerprint density at radius 1 is 1.61 bits per heavy atom. The minimum Gasteiger partial charge on any atom is -0.409 e. The van der Waals surface area contributed by atoms with Crippen LogP contribution in [0.1, 0.15) is 29.1 Å². The van der Waals surface area contributed by atoms with Gasteiger partial charge in [-0.2, -0.15) is 0 Å². The Bertz CT molecular complexity index is 461. The van der Waals surface area contributed by atoms with Crippen LogP contribution in [0.3, 0.4) is 0 Å². The van der Waals surface area contributed by atoms with E-state index >= 15 is 0 Å². The van der Waals surface area contributed by atoms with Crippen molar-refractivity contribution in [2.45, 2.75) is 19.8 Å². The highest BCUT2D eigenvalue weighted by atomic mass is 16.5. The van der Waals surface area contributed by atoms with Gasteiger partial charge in [0.25, 0.3) is 5.91 Å². The van der Waals surface area contributed by atoms with Crippen molar-refractivity contribution >= 4 is 11.7 Å². The van der Waals surface area contributed by atoms with Crippen LogP contribution in [-0.4, -0.2) is 40.1 Å². The monoisotopic (exact) mass is 252 g/mol. The quantitative estimate of drug-likeness (QED) is 0.347. The van der Waals surface area contributed by atoms with E-state index in [2.05, 4.69) is 10.3 Å². The molecule has 1 aromatic rings. The van der Waals surface area contributed by atoms with Crippen molar-refractivity contribution in [1.82, 2.24) is 10.1 Å². The lowest BCUT2D eigenvalue weighted by Crippen LogP contribution is -2.41. The predicted octanol–water partition coefficient (Wildman–Crippen LogP) is 0.582. The van der Waals surface area contributed by atoms with E-state index in [1.54, 1.807) is 17.9 Å². The highest BCUT2D eigenvalue weighted by Gasteiger charge is 2.27. The molecular formula is C11H16N4O3. The van der Waals surface area contributed by atoms with Gasteiger partial charge in [-0.1, -0.05) is 10.3 Å². The Morgan fingerprint density at radius 3 is 2.78 bits per heavy atom. The maximum absolute atomic E-state index is 12.0. The lowest BCUT2D eigenvalue weighted by molar-refractivity contribution is 0.0667. The third-order valence-electron chi connectivity index (χ3n) is 3.15. The lowest BCUT2D eigenvalue weighted by Gasteiger charge is -2.30. The molecular weight excluding hydrogens is 236 g/mol. The van der Waals surface area contributed by atoms with Crippen LogP contribution < -0.4 is 5.73 Å². The topological polar surface area (TPSA) is 105 Å². The molecule has 0 aromatic carbocycles. The molecule has 3 N–H and O–H groups in total. The van der Waals surface area contributed by atoms with Gasteiger partial charge in [0, 0.05) is 25.1 Å². The predicted molar refractivity (Wildman–Crippen MR) is 63.3 cm³/mol. The average Bonchev–Trinajstić information content (AvgIpc) is 2.84. The standard InChI is InChI=1S/C11H16N4O3/c1-7-6-9(18-14-7)11(16)15-4-2-8(3-5-15)10(12)13-17/h6,8,17H,2-5H2,1H3,(H2,12,13). The van der Waals surface area contributed by atoms with Gasteiger partial charge in [-0.15, -0.1) is 0 Å². The number of likely N-dealkylation sites (tertiary alicyclic amines) is 1. The minimum atomic E-state index is -0.159. The maximum atomic E-state index is 12.0. The number of aromatic nitrogens is 1. The fourth-order valence-corrected chi connectivity index (χ4v) is 2.08. The first-order chi connectivity index (χ1) is 8.61. The summed E-state index contributed by atoms with van der Waals surface area (Å²) in [6.45, 7) is 2.91. The van der Waals surface area contributed by atoms with Gasteiger partial charge in [-0.05, 0) is 19.8 Å². The molecule has 0 saturated carbocycles. The van der Waals surface area contributed by atoms with Crippen molar-refractivity contribution in [3.63, 3.8) is 0 Å². The number of amides is 1. The number of piperidine rings is 1. The smallest absolute Gasteiger partial charge is 0.292 e. The van der Waals surface area contributed by atoms with E-state index in [0.29, 0.717) is 31.6 Å². The number of amidine groups is 1. The van der Waals surface area contributed by atoms with Crippen LogP contribution in [0.2, 0.25) is 0 Å². The lowest BCUT2D eigenvalue weighted by atomic mass is 9.96. The molecule has 0 radical (unpaired) electrons. The summed E-state index contributed by atoms with van der Waals surface area (Å²) in [5.74, 6) is 0.372. The third kappa shape index (κ3) is 2.44. The number of carbonyl (C=O) groups is 1. The molecule has 0 atom stereocenters. The summed E-state index contributed by atoms with van der Waals surface area (Å²) in [5.41, 5.74) is 6.24. The minimum absolute atomic E-state index is 0.0375. The molecule has 0 unspecified atom stereocenters. The zero-order valence-electron chi connectivity index (χ0n) is 10.2. The van der Waals surface area contributed by atoms with Crippen LogP contribution in [0.4, 0.5) is 0 Å². The zero-order valence-corrected chi connectivity index (χ0v) is 10.2. The maximum Gasteiger partial charge on any atom is 0.292 e. The molecule has 1 aliphatic rings. The average molecular weight is 252 g/mol. The number of nitrogens with two attached hydrogens (primary N) is 1. The molecule has 98 valence electrons. The zero-order chi connectivity index (χ0) is 13.1.